The van der Waals surface area contributed by atoms with Crippen molar-refractivity contribution in [2.75, 3.05) is 26.7 Å². The van der Waals surface area contributed by atoms with Crippen molar-refractivity contribution >= 4 is 18.3 Å². The summed E-state index contributed by atoms with van der Waals surface area (Å²) in [6.45, 7) is 8.95. The van der Waals surface area contributed by atoms with Gasteiger partial charge in [0.1, 0.15) is 5.75 Å². The van der Waals surface area contributed by atoms with Gasteiger partial charge in [0.2, 0.25) is 5.91 Å². The van der Waals surface area contributed by atoms with Crippen LogP contribution in [0.15, 0.2) is 24.3 Å². The molecule has 1 N–H and O–H groups in total. The quantitative estimate of drug-likeness (QED) is 0.777. The van der Waals surface area contributed by atoms with Gasteiger partial charge in [-0.05, 0) is 49.4 Å². The van der Waals surface area contributed by atoms with Gasteiger partial charge in [0.15, 0.2) is 0 Å². The zero-order valence-electron chi connectivity index (χ0n) is 16.0. The monoisotopic (exact) mass is 368 g/mol. The first-order valence-corrected chi connectivity index (χ1v) is 9.08. The predicted molar refractivity (Wildman–Crippen MR) is 106 cm³/mol. The average Bonchev–Trinajstić information content (AvgIpc) is 2.58. The number of piperidine rings is 1. The number of nitrogens with zero attached hydrogens (tertiary/aromatic N) is 1. The van der Waals surface area contributed by atoms with E-state index < -0.39 is 0 Å². The minimum absolute atomic E-state index is 0. The van der Waals surface area contributed by atoms with E-state index in [2.05, 4.69) is 38.2 Å². The molecule has 5 heteroatoms. The molecule has 1 saturated heterocycles. The van der Waals surface area contributed by atoms with Crippen LogP contribution in [0.3, 0.4) is 0 Å². The van der Waals surface area contributed by atoms with Gasteiger partial charge in [-0.2, -0.15) is 0 Å². The summed E-state index contributed by atoms with van der Waals surface area (Å²) < 4.78 is 5.77. The molecule has 1 heterocycles. The smallest absolute Gasteiger partial charge is 0.222 e. The number of likely N-dealkylation sites (tertiary alicyclic amines) is 1. The SMILES string of the molecule is CNC1CCN(C(=O)CCCOc2ccc(C(C)(C)C)cc2)CC1.Cl. The van der Waals surface area contributed by atoms with Gasteiger partial charge in [-0.1, -0.05) is 32.9 Å². The highest BCUT2D eigenvalue weighted by Gasteiger charge is 2.21. The van der Waals surface area contributed by atoms with E-state index >= 15 is 0 Å². The maximum Gasteiger partial charge on any atom is 0.222 e. The van der Waals surface area contributed by atoms with Crippen LogP contribution in [0.2, 0.25) is 0 Å². The van der Waals surface area contributed by atoms with Crippen molar-refractivity contribution in [3.05, 3.63) is 29.8 Å². The van der Waals surface area contributed by atoms with Crippen molar-refractivity contribution in [2.45, 2.75) is 57.9 Å². The molecule has 1 aromatic carbocycles. The van der Waals surface area contributed by atoms with Gasteiger partial charge >= 0.3 is 0 Å². The minimum atomic E-state index is 0. The van der Waals surface area contributed by atoms with E-state index in [0.717, 1.165) is 38.1 Å². The van der Waals surface area contributed by atoms with Crippen LogP contribution in [-0.2, 0) is 10.2 Å². The second kappa shape index (κ2) is 10.0. The lowest BCUT2D eigenvalue weighted by molar-refractivity contribution is -0.132. The van der Waals surface area contributed by atoms with Crippen molar-refractivity contribution in [2.24, 2.45) is 0 Å². The van der Waals surface area contributed by atoms with Crippen molar-refractivity contribution in [3.8, 4) is 5.75 Å². The van der Waals surface area contributed by atoms with Gasteiger partial charge in [-0.3, -0.25) is 4.79 Å². The summed E-state index contributed by atoms with van der Waals surface area (Å²) in [4.78, 5) is 14.2. The third kappa shape index (κ3) is 6.87. The predicted octanol–water partition coefficient (Wildman–Crippen LogP) is 3.78. The molecule has 0 saturated carbocycles. The van der Waals surface area contributed by atoms with Crippen LogP contribution in [0.4, 0.5) is 0 Å². The van der Waals surface area contributed by atoms with Gasteiger partial charge in [0.05, 0.1) is 6.61 Å². The summed E-state index contributed by atoms with van der Waals surface area (Å²) in [5.74, 6) is 1.14. The molecule has 0 atom stereocenters. The fraction of sp³-hybridized carbons (Fsp3) is 0.650. The zero-order chi connectivity index (χ0) is 17.6. The van der Waals surface area contributed by atoms with E-state index in [0.29, 0.717) is 19.1 Å². The molecular formula is C20H33ClN2O2. The summed E-state index contributed by atoms with van der Waals surface area (Å²) in [7, 11) is 1.99. The highest BCUT2D eigenvalue weighted by atomic mass is 35.5. The molecule has 0 unspecified atom stereocenters. The van der Waals surface area contributed by atoms with E-state index in [1.165, 1.54) is 5.56 Å². The molecule has 142 valence electrons. The summed E-state index contributed by atoms with van der Waals surface area (Å²) in [6.07, 6.45) is 3.45. The lowest BCUT2D eigenvalue weighted by atomic mass is 9.87. The number of ether oxygens (including phenoxy) is 1. The minimum Gasteiger partial charge on any atom is -0.494 e. The molecule has 1 fully saturated rings. The average molecular weight is 369 g/mol. The Kier molecular flexibility index (Phi) is 8.74. The Morgan fingerprint density at radius 1 is 1.20 bits per heavy atom. The first-order chi connectivity index (χ1) is 11.4. The molecule has 0 aliphatic carbocycles. The maximum atomic E-state index is 12.2. The highest BCUT2D eigenvalue weighted by molar-refractivity contribution is 5.85. The maximum absolute atomic E-state index is 12.2. The van der Waals surface area contributed by atoms with E-state index in [1.807, 2.05) is 24.1 Å². The third-order valence-corrected chi connectivity index (χ3v) is 4.78. The number of benzene rings is 1. The third-order valence-electron chi connectivity index (χ3n) is 4.78. The number of carbonyl (C=O) groups excluding carboxylic acids is 1. The molecule has 1 aromatic rings. The van der Waals surface area contributed by atoms with Crippen LogP contribution >= 0.6 is 12.4 Å². The Morgan fingerprint density at radius 3 is 2.32 bits per heavy atom. The zero-order valence-corrected chi connectivity index (χ0v) is 16.8. The first kappa shape index (κ1) is 21.8. The summed E-state index contributed by atoms with van der Waals surface area (Å²) in [5, 5.41) is 3.29. The van der Waals surface area contributed by atoms with Crippen LogP contribution in [0.1, 0.15) is 52.0 Å². The fourth-order valence-electron chi connectivity index (χ4n) is 3.04. The number of carbonyl (C=O) groups is 1. The molecule has 0 radical (unpaired) electrons. The molecule has 1 aliphatic heterocycles. The van der Waals surface area contributed by atoms with Crippen LogP contribution in [0.5, 0.6) is 5.75 Å². The Hall–Kier alpha value is -1.26. The molecule has 1 amide bonds. The molecule has 1 aliphatic rings. The van der Waals surface area contributed by atoms with E-state index in [-0.39, 0.29) is 23.7 Å². The number of hydrogen-bond acceptors (Lipinski definition) is 3. The Morgan fingerprint density at radius 2 is 1.80 bits per heavy atom. The molecule has 2 rings (SSSR count). The topological polar surface area (TPSA) is 41.6 Å². The van der Waals surface area contributed by atoms with Crippen molar-refractivity contribution in [1.29, 1.82) is 0 Å². The van der Waals surface area contributed by atoms with Crippen LogP contribution < -0.4 is 10.1 Å². The number of halogens is 1. The standard InChI is InChI=1S/C20H32N2O2.ClH/c1-20(2,3)16-7-9-18(10-8-16)24-15-5-6-19(23)22-13-11-17(21-4)12-14-22;/h7-10,17,21H,5-6,11-15H2,1-4H3;1H. The van der Waals surface area contributed by atoms with E-state index in [4.69, 9.17) is 4.74 Å². The van der Waals surface area contributed by atoms with Gasteiger partial charge < -0.3 is 15.0 Å². The Bertz CT molecular complexity index is 517. The van der Waals surface area contributed by atoms with Crippen LogP contribution in [0, 0.1) is 0 Å². The molecule has 0 bridgehead atoms. The summed E-state index contributed by atoms with van der Waals surface area (Å²) in [5.41, 5.74) is 1.46. The number of nitrogens with one attached hydrogen (secondary N) is 1. The van der Waals surface area contributed by atoms with Crippen molar-refractivity contribution in [1.82, 2.24) is 10.2 Å². The van der Waals surface area contributed by atoms with Crippen molar-refractivity contribution < 1.29 is 9.53 Å². The first-order valence-electron chi connectivity index (χ1n) is 9.08. The lowest BCUT2D eigenvalue weighted by Gasteiger charge is -2.31. The van der Waals surface area contributed by atoms with Gasteiger partial charge in [-0.15, -0.1) is 12.4 Å². The Balaban J connectivity index is 0.00000312. The fourth-order valence-corrected chi connectivity index (χ4v) is 3.04. The van der Waals surface area contributed by atoms with Crippen LogP contribution in [0.25, 0.3) is 0 Å². The summed E-state index contributed by atoms with van der Waals surface area (Å²) >= 11 is 0. The second-order valence-electron chi connectivity index (χ2n) is 7.67. The molecular weight excluding hydrogens is 336 g/mol. The van der Waals surface area contributed by atoms with Gasteiger partial charge in [-0.25, -0.2) is 0 Å². The number of amides is 1. The second-order valence-corrected chi connectivity index (χ2v) is 7.67. The molecule has 0 aromatic heterocycles. The van der Waals surface area contributed by atoms with Gasteiger partial charge in [0.25, 0.3) is 0 Å². The van der Waals surface area contributed by atoms with E-state index in [1.54, 1.807) is 0 Å². The normalized spacial score (nSPS) is 15.6. The lowest BCUT2D eigenvalue weighted by Crippen LogP contribution is -2.43. The van der Waals surface area contributed by atoms with E-state index in [9.17, 15) is 4.79 Å². The number of rotatable bonds is 6. The van der Waals surface area contributed by atoms with Gasteiger partial charge in [0, 0.05) is 25.6 Å². The molecule has 4 nitrogen and oxygen atoms in total. The largest absolute Gasteiger partial charge is 0.494 e. The highest BCUT2D eigenvalue weighted by Crippen LogP contribution is 2.24. The number of hydrogen-bond donors (Lipinski definition) is 1. The van der Waals surface area contributed by atoms with Crippen LogP contribution in [-0.4, -0.2) is 43.6 Å². The Labute approximate surface area is 158 Å². The van der Waals surface area contributed by atoms with Crippen molar-refractivity contribution in [3.63, 3.8) is 0 Å². The molecule has 25 heavy (non-hydrogen) atoms. The summed E-state index contributed by atoms with van der Waals surface area (Å²) in [6, 6.07) is 8.84. The molecule has 0 spiro atoms.